The molecule has 2 N–H and O–H groups in total. The molecule has 19 heavy (non-hydrogen) atoms. The third-order valence-electron chi connectivity index (χ3n) is 3.49. The van der Waals surface area contributed by atoms with Gasteiger partial charge in [-0.2, -0.15) is 0 Å². The molecule has 0 radical (unpaired) electrons. The van der Waals surface area contributed by atoms with Gasteiger partial charge in [0.2, 0.25) is 0 Å². The number of hydrogen-bond donors (Lipinski definition) is 1. The van der Waals surface area contributed by atoms with Gasteiger partial charge in [0.1, 0.15) is 11.6 Å². The fraction of sp³-hybridized carbons (Fsp3) is 0.400. The first-order valence-corrected chi connectivity index (χ1v) is 6.55. The third-order valence-corrected chi connectivity index (χ3v) is 3.49. The molecule has 0 spiro atoms. The number of nitrogens with two attached hydrogens (primary N) is 1. The van der Waals surface area contributed by atoms with Crippen molar-refractivity contribution < 1.29 is 4.74 Å². The maximum atomic E-state index is 5.94. The number of ether oxygens (including phenoxy) is 1. The molecule has 0 fully saturated rings. The summed E-state index contributed by atoms with van der Waals surface area (Å²) in [6.45, 7) is 2.67. The van der Waals surface area contributed by atoms with Crippen LogP contribution in [0.1, 0.15) is 29.8 Å². The summed E-state index contributed by atoms with van der Waals surface area (Å²) >= 11 is 0. The average Bonchev–Trinajstić information content (AvgIpc) is 2.86. The molecule has 1 atom stereocenters. The molecule has 102 valence electrons. The Labute approximate surface area is 114 Å². The van der Waals surface area contributed by atoms with Crippen LogP contribution in [0.2, 0.25) is 0 Å². The predicted octanol–water partition coefficient (Wildman–Crippen LogP) is 2.08. The van der Waals surface area contributed by atoms with E-state index in [0.29, 0.717) is 6.54 Å². The smallest absolute Gasteiger partial charge is 0.122 e. The molecule has 2 aromatic rings. The lowest BCUT2D eigenvalue weighted by molar-refractivity contribution is 0.410. The Morgan fingerprint density at radius 3 is 2.74 bits per heavy atom. The molecule has 0 aliphatic heterocycles. The summed E-state index contributed by atoms with van der Waals surface area (Å²) in [5.41, 5.74) is 8.33. The molecule has 0 saturated heterocycles. The number of imidazole rings is 1. The number of hydrogen-bond acceptors (Lipinski definition) is 3. The summed E-state index contributed by atoms with van der Waals surface area (Å²) in [6.07, 6.45) is 4.69. The quantitative estimate of drug-likeness (QED) is 0.894. The molecule has 0 aliphatic carbocycles. The van der Waals surface area contributed by atoms with Gasteiger partial charge < -0.3 is 15.0 Å². The van der Waals surface area contributed by atoms with Crippen LogP contribution in [0.4, 0.5) is 0 Å². The Bertz CT molecular complexity index is 548. The monoisotopic (exact) mass is 259 g/mol. The molecular formula is C15H21N3O. The van der Waals surface area contributed by atoms with Crippen LogP contribution >= 0.6 is 0 Å². The third kappa shape index (κ3) is 2.63. The zero-order valence-electron chi connectivity index (χ0n) is 11.8. The van der Waals surface area contributed by atoms with Crippen molar-refractivity contribution in [2.45, 2.75) is 19.3 Å². The highest BCUT2D eigenvalue weighted by atomic mass is 16.5. The number of nitrogens with zero attached hydrogens (tertiary/aromatic N) is 2. The molecule has 2 rings (SSSR count). The minimum atomic E-state index is 0.121. The molecule has 4 nitrogen and oxygen atoms in total. The maximum absolute atomic E-state index is 5.94. The first-order chi connectivity index (χ1) is 9.21. The summed E-state index contributed by atoms with van der Waals surface area (Å²) in [5.74, 6) is 2.05. The molecule has 0 bridgehead atoms. The first kappa shape index (κ1) is 13.6. The highest BCUT2D eigenvalue weighted by Gasteiger charge is 2.17. The van der Waals surface area contributed by atoms with Crippen LogP contribution in [-0.4, -0.2) is 23.2 Å². The second-order valence-corrected chi connectivity index (χ2v) is 4.61. The topological polar surface area (TPSA) is 53.1 Å². The maximum Gasteiger partial charge on any atom is 0.122 e. The molecule has 0 amide bonds. The van der Waals surface area contributed by atoms with E-state index in [1.54, 1.807) is 7.11 Å². The van der Waals surface area contributed by atoms with Crippen LogP contribution in [-0.2, 0) is 13.5 Å². The van der Waals surface area contributed by atoms with E-state index in [2.05, 4.69) is 24.0 Å². The van der Waals surface area contributed by atoms with E-state index in [9.17, 15) is 0 Å². The van der Waals surface area contributed by atoms with Gasteiger partial charge >= 0.3 is 0 Å². The van der Waals surface area contributed by atoms with E-state index in [1.807, 2.05) is 30.1 Å². The molecule has 0 saturated carbocycles. The summed E-state index contributed by atoms with van der Waals surface area (Å²) in [6, 6.07) is 6.26. The zero-order valence-corrected chi connectivity index (χ0v) is 11.8. The Kier molecular flexibility index (Phi) is 4.22. The van der Waals surface area contributed by atoms with Gasteiger partial charge in [0, 0.05) is 26.0 Å². The van der Waals surface area contributed by atoms with Crippen molar-refractivity contribution in [2.24, 2.45) is 12.8 Å². The van der Waals surface area contributed by atoms with Crippen molar-refractivity contribution in [2.75, 3.05) is 13.7 Å². The Morgan fingerprint density at radius 1 is 1.42 bits per heavy atom. The van der Waals surface area contributed by atoms with Crippen LogP contribution in [0.15, 0.2) is 30.6 Å². The van der Waals surface area contributed by atoms with E-state index in [-0.39, 0.29) is 5.92 Å². The second-order valence-electron chi connectivity index (χ2n) is 4.61. The molecule has 1 aromatic heterocycles. The average molecular weight is 259 g/mol. The fourth-order valence-electron chi connectivity index (χ4n) is 2.40. The second kappa shape index (κ2) is 5.89. The van der Waals surface area contributed by atoms with E-state index in [4.69, 9.17) is 10.5 Å². The predicted molar refractivity (Wildman–Crippen MR) is 76.5 cm³/mol. The van der Waals surface area contributed by atoms with Gasteiger partial charge in [-0.25, -0.2) is 4.98 Å². The SMILES string of the molecule is CCc1cc(C(CN)c2nccn2C)ccc1OC. The fourth-order valence-corrected chi connectivity index (χ4v) is 2.40. The van der Waals surface area contributed by atoms with Crippen LogP contribution in [0.5, 0.6) is 5.75 Å². The van der Waals surface area contributed by atoms with Gasteiger partial charge in [-0.3, -0.25) is 0 Å². The standard InChI is InChI=1S/C15H21N3O/c1-4-11-9-12(5-6-14(11)19-3)13(10-16)15-17-7-8-18(15)2/h5-9,13H,4,10,16H2,1-3H3. The molecule has 1 aromatic carbocycles. The summed E-state index contributed by atoms with van der Waals surface area (Å²) in [5, 5.41) is 0. The molecule has 4 heteroatoms. The normalized spacial score (nSPS) is 12.4. The van der Waals surface area contributed by atoms with Crippen molar-refractivity contribution in [3.05, 3.63) is 47.5 Å². The van der Waals surface area contributed by atoms with E-state index in [0.717, 1.165) is 18.0 Å². The van der Waals surface area contributed by atoms with Crippen molar-refractivity contribution in [1.29, 1.82) is 0 Å². The Balaban J connectivity index is 2.42. The van der Waals surface area contributed by atoms with Gasteiger partial charge in [-0.1, -0.05) is 19.1 Å². The summed E-state index contributed by atoms with van der Waals surface area (Å²) < 4.78 is 7.39. The summed E-state index contributed by atoms with van der Waals surface area (Å²) in [7, 11) is 3.70. The lowest BCUT2D eigenvalue weighted by Gasteiger charge is -2.17. The van der Waals surface area contributed by atoms with E-state index >= 15 is 0 Å². The van der Waals surface area contributed by atoms with Gasteiger partial charge in [0.25, 0.3) is 0 Å². The number of aromatic nitrogens is 2. The Hall–Kier alpha value is -1.81. The van der Waals surface area contributed by atoms with Gasteiger partial charge in [-0.15, -0.1) is 0 Å². The minimum Gasteiger partial charge on any atom is -0.496 e. The van der Waals surface area contributed by atoms with Crippen LogP contribution in [0.25, 0.3) is 0 Å². The zero-order chi connectivity index (χ0) is 13.8. The van der Waals surface area contributed by atoms with E-state index in [1.165, 1.54) is 11.1 Å². The lowest BCUT2D eigenvalue weighted by atomic mass is 9.95. The molecule has 0 aliphatic rings. The van der Waals surface area contributed by atoms with Gasteiger partial charge in [-0.05, 0) is 23.6 Å². The minimum absolute atomic E-state index is 0.121. The van der Waals surface area contributed by atoms with Crippen molar-refractivity contribution in [3.8, 4) is 5.75 Å². The van der Waals surface area contributed by atoms with Crippen molar-refractivity contribution in [1.82, 2.24) is 9.55 Å². The van der Waals surface area contributed by atoms with Crippen molar-refractivity contribution in [3.63, 3.8) is 0 Å². The summed E-state index contributed by atoms with van der Waals surface area (Å²) in [4.78, 5) is 4.41. The largest absolute Gasteiger partial charge is 0.496 e. The number of methoxy groups -OCH3 is 1. The highest BCUT2D eigenvalue weighted by molar-refractivity contribution is 5.40. The van der Waals surface area contributed by atoms with Gasteiger partial charge in [0.15, 0.2) is 0 Å². The van der Waals surface area contributed by atoms with Gasteiger partial charge in [0.05, 0.1) is 13.0 Å². The lowest BCUT2D eigenvalue weighted by Crippen LogP contribution is -2.17. The molecule has 1 heterocycles. The molecule has 1 unspecified atom stereocenters. The first-order valence-electron chi connectivity index (χ1n) is 6.55. The Morgan fingerprint density at radius 2 is 2.21 bits per heavy atom. The van der Waals surface area contributed by atoms with Crippen LogP contribution < -0.4 is 10.5 Å². The van der Waals surface area contributed by atoms with Crippen LogP contribution in [0, 0.1) is 0 Å². The number of aryl methyl sites for hydroxylation is 2. The number of benzene rings is 1. The highest BCUT2D eigenvalue weighted by Crippen LogP contribution is 2.27. The van der Waals surface area contributed by atoms with E-state index < -0.39 is 0 Å². The molecular weight excluding hydrogens is 238 g/mol. The number of rotatable bonds is 5. The van der Waals surface area contributed by atoms with Crippen molar-refractivity contribution >= 4 is 0 Å². The van der Waals surface area contributed by atoms with Crippen LogP contribution in [0.3, 0.4) is 0 Å².